The summed E-state index contributed by atoms with van der Waals surface area (Å²) in [6.07, 6.45) is 0.206. The lowest BCUT2D eigenvalue weighted by atomic mass is 10.1. The van der Waals surface area contributed by atoms with Crippen molar-refractivity contribution >= 4 is 21.4 Å². The van der Waals surface area contributed by atoms with Crippen molar-refractivity contribution < 1.29 is 22.7 Å². The van der Waals surface area contributed by atoms with Gasteiger partial charge in [0.05, 0.1) is 16.3 Å². The number of amides is 1. The summed E-state index contributed by atoms with van der Waals surface area (Å²) >= 11 is 0. The molecule has 0 unspecified atom stereocenters. The third kappa shape index (κ3) is 4.32. The molecule has 1 amide bonds. The van der Waals surface area contributed by atoms with Gasteiger partial charge in [-0.05, 0) is 36.2 Å². The Balaban J connectivity index is 2.09. The van der Waals surface area contributed by atoms with Gasteiger partial charge in [0.2, 0.25) is 5.91 Å². The number of sulfone groups is 1. The van der Waals surface area contributed by atoms with Crippen LogP contribution in [-0.4, -0.2) is 25.2 Å². The van der Waals surface area contributed by atoms with Crippen LogP contribution in [-0.2, 0) is 21.1 Å². The summed E-state index contributed by atoms with van der Waals surface area (Å²) < 4.78 is 37.2. The number of aryl methyl sites for hydroxylation is 1. The number of carbonyl (C=O) groups is 1. The SMILES string of the molecule is CCS(=O)(=O)c1ccc(O)c(NC(=O)CCc2ccccc2F)c1. The van der Waals surface area contributed by atoms with Crippen molar-refractivity contribution in [2.24, 2.45) is 0 Å². The van der Waals surface area contributed by atoms with Gasteiger partial charge >= 0.3 is 0 Å². The Morgan fingerprint density at radius 3 is 2.58 bits per heavy atom. The van der Waals surface area contributed by atoms with Crippen LogP contribution in [0.4, 0.5) is 10.1 Å². The predicted molar refractivity (Wildman–Crippen MR) is 89.2 cm³/mol. The molecule has 0 aromatic heterocycles. The van der Waals surface area contributed by atoms with Gasteiger partial charge in [0.15, 0.2) is 9.84 Å². The van der Waals surface area contributed by atoms with Crippen LogP contribution in [0.5, 0.6) is 5.75 Å². The summed E-state index contributed by atoms with van der Waals surface area (Å²) in [6.45, 7) is 1.51. The molecule has 2 aromatic rings. The average Bonchev–Trinajstić information content (AvgIpc) is 2.56. The zero-order valence-corrected chi connectivity index (χ0v) is 13.9. The molecule has 2 rings (SSSR count). The van der Waals surface area contributed by atoms with Crippen LogP contribution in [0, 0.1) is 5.82 Å². The van der Waals surface area contributed by atoms with E-state index < -0.39 is 15.7 Å². The fourth-order valence-electron chi connectivity index (χ4n) is 2.14. The Labute approximate surface area is 140 Å². The summed E-state index contributed by atoms with van der Waals surface area (Å²) in [7, 11) is -3.45. The van der Waals surface area contributed by atoms with Gasteiger partial charge in [0, 0.05) is 6.42 Å². The number of phenols is 1. The van der Waals surface area contributed by atoms with Gasteiger partial charge in [0.1, 0.15) is 11.6 Å². The molecule has 0 heterocycles. The number of carbonyl (C=O) groups excluding carboxylic acids is 1. The first-order valence-corrected chi connectivity index (χ1v) is 9.07. The van der Waals surface area contributed by atoms with E-state index in [9.17, 15) is 22.7 Å². The Hall–Kier alpha value is -2.41. The molecule has 24 heavy (non-hydrogen) atoms. The Bertz CT molecular complexity index is 849. The number of benzene rings is 2. The number of phenolic OH excluding ortho intramolecular Hbond substituents is 1. The summed E-state index contributed by atoms with van der Waals surface area (Å²) in [6, 6.07) is 9.87. The number of aromatic hydroxyl groups is 1. The molecule has 0 aliphatic carbocycles. The fraction of sp³-hybridized carbons (Fsp3) is 0.235. The van der Waals surface area contributed by atoms with E-state index in [0.29, 0.717) is 5.56 Å². The molecule has 2 N–H and O–H groups in total. The van der Waals surface area contributed by atoms with Crippen LogP contribution >= 0.6 is 0 Å². The maximum atomic E-state index is 13.5. The lowest BCUT2D eigenvalue weighted by molar-refractivity contribution is -0.116. The molecule has 0 radical (unpaired) electrons. The fourth-order valence-corrected chi connectivity index (χ4v) is 3.04. The van der Waals surface area contributed by atoms with Gasteiger partial charge < -0.3 is 10.4 Å². The monoisotopic (exact) mass is 351 g/mol. The minimum absolute atomic E-state index is 0.00509. The van der Waals surface area contributed by atoms with Crippen molar-refractivity contribution in [1.29, 1.82) is 0 Å². The highest BCUT2D eigenvalue weighted by molar-refractivity contribution is 7.91. The first kappa shape index (κ1) is 17.9. The zero-order chi connectivity index (χ0) is 17.7. The smallest absolute Gasteiger partial charge is 0.224 e. The number of rotatable bonds is 6. The largest absolute Gasteiger partial charge is 0.506 e. The second kappa shape index (κ2) is 7.44. The molecule has 0 bridgehead atoms. The first-order valence-electron chi connectivity index (χ1n) is 7.42. The summed E-state index contributed by atoms with van der Waals surface area (Å²) in [5, 5.41) is 12.2. The number of hydrogen-bond acceptors (Lipinski definition) is 4. The minimum Gasteiger partial charge on any atom is -0.506 e. The highest BCUT2D eigenvalue weighted by Gasteiger charge is 2.15. The van der Waals surface area contributed by atoms with Crippen molar-refractivity contribution in [3.8, 4) is 5.75 Å². The third-order valence-corrected chi connectivity index (χ3v) is 5.29. The molecule has 5 nitrogen and oxygen atoms in total. The lowest BCUT2D eigenvalue weighted by Crippen LogP contribution is -2.13. The molecule has 0 spiro atoms. The van der Waals surface area contributed by atoms with E-state index in [1.807, 2.05) is 0 Å². The molecule has 0 atom stereocenters. The van der Waals surface area contributed by atoms with E-state index >= 15 is 0 Å². The van der Waals surface area contributed by atoms with Gasteiger partial charge in [-0.25, -0.2) is 12.8 Å². The van der Waals surface area contributed by atoms with Gasteiger partial charge in [-0.3, -0.25) is 4.79 Å². The van der Waals surface area contributed by atoms with Crippen molar-refractivity contribution in [2.75, 3.05) is 11.1 Å². The molecule has 0 aliphatic rings. The quantitative estimate of drug-likeness (QED) is 0.784. The van der Waals surface area contributed by atoms with Crippen LogP contribution < -0.4 is 5.32 Å². The summed E-state index contributed by atoms with van der Waals surface area (Å²) in [5.74, 6) is -1.15. The van der Waals surface area contributed by atoms with Gasteiger partial charge in [-0.1, -0.05) is 25.1 Å². The van der Waals surface area contributed by atoms with E-state index in [1.54, 1.807) is 18.2 Å². The standard InChI is InChI=1S/C17H18FNO4S/c1-2-24(22,23)13-8-9-16(20)15(11-13)19-17(21)10-7-12-5-3-4-6-14(12)18/h3-6,8-9,11,20H,2,7,10H2,1H3,(H,19,21). The topological polar surface area (TPSA) is 83.5 Å². The lowest BCUT2D eigenvalue weighted by Gasteiger charge is -2.10. The van der Waals surface area contributed by atoms with E-state index in [0.717, 1.165) is 0 Å². The highest BCUT2D eigenvalue weighted by Crippen LogP contribution is 2.27. The Morgan fingerprint density at radius 1 is 1.21 bits per heavy atom. The van der Waals surface area contributed by atoms with Crippen LogP contribution in [0.15, 0.2) is 47.4 Å². The minimum atomic E-state index is -3.45. The van der Waals surface area contributed by atoms with Gasteiger partial charge in [-0.15, -0.1) is 0 Å². The van der Waals surface area contributed by atoms with E-state index in [2.05, 4.69) is 5.32 Å². The highest BCUT2D eigenvalue weighted by atomic mass is 32.2. The van der Waals surface area contributed by atoms with Crippen LogP contribution in [0.3, 0.4) is 0 Å². The molecular formula is C17H18FNO4S. The van der Waals surface area contributed by atoms with Crippen molar-refractivity contribution in [1.82, 2.24) is 0 Å². The number of halogens is 1. The molecule has 128 valence electrons. The van der Waals surface area contributed by atoms with E-state index in [-0.39, 0.29) is 40.7 Å². The second-order valence-electron chi connectivity index (χ2n) is 5.22. The van der Waals surface area contributed by atoms with Gasteiger partial charge in [-0.2, -0.15) is 0 Å². The first-order chi connectivity index (χ1) is 11.3. The Morgan fingerprint density at radius 2 is 1.92 bits per heavy atom. The molecule has 0 saturated heterocycles. The number of nitrogens with one attached hydrogen (secondary N) is 1. The van der Waals surface area contributed by atoms with E-state index in [1.165, 1.54) is 31.2 Å². The van der Waals surface area contributed by atoms with Crippen molar-refractivity contribution in [3.05, 3.63) is 53.8 Å². The normalized spacial score (nSPS) is 11.2. The molecule has 0 saturated carbocycles. The van der Waals surface area contributed by atoms with Crippen LogP contribution in [0.25, 0.3) is 0 Å². The van der Waals surface area contributed by atoms with E-state index in [4.69, 9.17) is 0 Å². The second-order valence-corrected chi connectivity index (χ2v) is 7.50. The van der Waals surface area contributed by atoms with Crippen molar-refractivity contribution in [3.63, 3.8) is 0 Å². The van der Waals surface area contributed by atoms with Crippen molar-refractivity contribution in [2.45, 2.75) is 24.7 Å². The van der Waals surface area contributed by atoms with Gasteiger partial charge in [0.25, 0.3) is 0 Å². The zero-order valence-electron chi connectivity index (χ0n) is 13.1. The molecule has 2 aromatic carbocycles. The maximum absolute atomic E-state index is 13.5. The summed E-state index contributed by atoms with van der Waals surface area (Å²) in [4.78, 5) is 12.0. The van der Waals surface area contributed by atoms with Crippen LogP contribution in [0.1, 0.15) is 18.9 Å². The number of hydrogen-bond donors (Lipinski definition) is 2. The maximum Gasteiger partial charge on any atom is 0.224 e. The number of anilines is 1. The molecule has 7 heteroatoms. The Kier molecular flexibility index (Phi) is 5.56. The average molecular weight is 351 g/mol. The molecular weight excluding hydrogens is 333 g/mol. The summed E-state index contributed by atoms with van der Waals surface area (Å²) in [5.41, 5.74) is 0.433. The predicted octanol–water partition coefficient (Wildman–Crippen LogP) is 2.90. The van der Waals surface area contributed by atoms with Crippen LogP contribution in [0.2, 0.25) is 0 Å². The molecule has 0 fully saturated rings. The molecule has 0 aliphatic heterocycles. The third-order valence-electron chi connectivity index (χ3n) is 3.56.